The first-order valence-corrected chi connectivity index (χ1v) is 38.3. The quantitative estimate of drug-likeness (QED) is 0.0222. The van der Waals surface area contributed by atoms with E-state index < -0.39 is 97.5 Å². The van der Waals surface area contributed by atoms with Gasteiger partial charge in [0.25, 0.3) is 0 Å². The molecule has 0 saturated heterocycles. The molecule has 2 unspecified atom stereocenters. The number of unbranched alkanes of at least 4 members (excludes halogenated alkanes) is 34. The maximum atomic E-state index is 13.0. The van der Waals surface area contributed by atoms with Crippen LogP contribution in [-0.4, -0.2) is 96.7 Å². The summed E-state index contributed by atoms with van der Waals surface area (Å²) in [5.74, 6) is 0.108. The van der Waals surface area contributed by atoms with Crippen molar-refractivity contribution in [2.75, 3.05) is 39.6 Å². The summed E-state index contributed by atoms with van der Waals surface area (Å²) < 4.78 is 68.1. The van der Waals surface area contributed by atoms with E-state index in [1.807, 2.05) is 0 Å². The summed E-state index contributed by atoms with van der Waals surface area (Å²) in [5, 5.41) is 10.6. The van der Waals surface area contributed by atoms with E-state index in [0.29, 0.717) is 31.6 Å². The summed E-state index contributed by atoms with van der Waals surface area (Å²) in [6.07, 6.45) is 41.8. The lowest BCUT2D eigenvalue weighted by Crippen LogP contribution is -2.30. The molecule has 0 aromatic rings. The van der Waals surface area contributed by atoms with Gasteiger partial charge in [0.15, 0.2) is 12.2 Å². The molecule has 0 aliphatic heterocycles. The van der Waals surface area contributed by atoms with Crippen molar-refractivity contribution in [3.63, 3.8) is 0 Å². The molecule has 0 bridgehead atoms. The summed E-state index contributed by atoms with van der Waals surface area (Å²) in [4.78, 5) is 72.3. The molecule has 0 saturated carbocycles. The van der Waals surface area contributed by atoms with Crippen molar-refractivity contribution in [3.8, 4) is 0 Å². The summed E-state index contributed by atoms with van der Waals surface area (Å²) in [5.41, 5.74) is 0. The van der Waals surface area contributed by atoms with Crippen LogP contribution in [0.15, 0.2) is 0 Å². The molecule has 17 nitrogen and oxygen atoms in total. The van der Waals surface area contributed by atoms with E-state index in [1.54, 1.807) is 0 Å². The van der Waals surface area contributed by atoms with Gasteiger partial charge in [-0.3, -0.25) is 37.3 Å². The Balaban J connectivity index is 5.22. The second kappa shape index (κ2) is 59.1. The largest absolute Gasteiger partial charge is 0.472 e. The van der Waals surface area contributed by atoms with Crippen LogP contribution in [0.5, 0.6) is 0 Å². The molecule has 0 fully saturated rings. The molecular formula is C68H132O17P2. The Kier molecular flexibility index (Phi) is 57.8. The van der Waals surface area contributed by atoms with Crippen LogP contribution in [0.3, 0.4) is 0 Å². The number of aliphatic hydroxyl groups is 1. The molecule has 0 heterocycles. The molecule has 0 rings (SSSR count). The van der Waals surface area contributed by atoms with Crippen LogP contribution in [-0.2, 0) is 65.4 Å². The van der Waals surface area contributed by atoms with Gasteiger partial charge >= 0.3 is 39.5 Å². The predicted octanol–water partition coefficient (Wildman–Crippen LogP) is 19.1. The third-order valence-corrected chi connectivity index (χ3v) is 17.5. The van der Waals surface area contributed by atoms with E-state index in [1.165, 1.54) is 141 Å². The molecule has 0 aromatic carbocycles. The minimum Gasteiger partial charge on any atom is -0.462 e. The zero-order valence-corrected chi connectivity index (χ0v) is 58.3. The van der Waals surface area contributed by atoms with E-state index in [2.05, 4.69) is 48.5 Å². The van der Waals surface area contributed by atoms with Crippen molar-refractivity contribution in [1.29, 1.82) is 0 Å². The minimum atomic E-state index is -4.95. The summed E-state index contributed by atoms with van der Waals surface area (Å²) in [6, 6.07) is 0. The molecule has 3 N–H and O–H groups in total. The Morgan fingerprint density at radius 1 is 0.310 bits per heavy atom. The smallest absolute Gasteiger partial charge is 0.462 e. The fourth-order valence-corrected chi connectivity index (χ4v) is 11.8. The Labute approximate surface area is 530 Å². The van der Waals surface area contributed by atoms with Crippen molar-refractivity contribution in [2.24, 2.45) is 17.8 Å². The average Bonchev–Trinajstić information content (AvgIpc) is 3.61. The minimum absolute atomic E-state index is 0.103. The SMILES string of the molecule is CCCCCCCCCCC(=O)OC[C@H](COP(=O)(O)OC[C@H](O)COP(=O)(O)OC[C@@H](COC(=O)CCCCCCCCCCCCC(C)C)OC(=O)CCCCCCCCCCCCCCCC(C)C)OC(=O)CCCCCCCCCC(C)C. The lowest BCUT2D eigenvalue weighted by Gasteiger charge is -2.21. The highest BCUT2D eigenvalue weighted by Gasteiger charge is 2.30. The number of phosphoric acid groups is 2. The van der Waals surface area contributed by atoms with Crippen LogP contribution in [0, 0.1) is 17.8 Å². The van der Waals surface area contributed by atoms with Crippen molar-refractivity contribution >= 4 is 39.5 Å². The Morgan fingerprint density at radius 2 is 0.529 bits per heavy atom. The highest BCUT2D eigenvalue weighted by atomic mass is 31.2. The van der Waals surface area contributed by atoms with Crippen molar-refractivity contribution in [1.82, 2.24) is 0 Å². The number of aliphatic hydroxyl groups excluding tert-OH is 1. The van der Waals surface area contributed by atoms with Gasteiger partial charge < -0.3 is 33.8 Å². The zero-order valence-electron chi connectivity index (χ0n) is 56.5. The van der Waals surface area contributed by atoms with Gasteiger partial charge in [-0.05, 0) is 43.4 Å². The van der Waals surface area contributed by atoms with Gasteiger partial charge in [0.1, 0.15) is 19.3 Å². The van der Waals surface area contributed by atoms with Crippen LogP contribution in [0.4, 0.5) is 0 Å². The summed E-state index contributed by atoms with van der Waals surface area (Å²) in [7, 11) is -9.89. The first-order valence-electron chi connectivity index (χ1n) is 35.3. The highest BCUT2D eigenvalue weighted by Crippen LogP contribution is 2.45. The topological polar surface area (TPSA) is 237 Å². The number of esters is 4. The number of carbonyl (C=O) groups is 4. The second-order valence-electron chi connectivity index (χ2n) is 26.0. The maximum Gasteiger partial charge on any atom is 0.472 e. The molecule has 0 amide bonds. The van der Waals surface area contributed by atoms with Gasteiger partial charge in [0, 0.05) is 25.7 Å². The number of rotatable bonds is 66. The van der Waals surface area contributed by atoms with Gasteiger partial charge in [0.2, 0.25) is 0 Å². The van der Waals surface area contributed by atoms with Gasteiger partial charge in [-0.15, -0.1) is 0 Å². The predicted molar refractivity (Wildman–Crippen MR) is 349 cm³/mol. The van der Waals surface area contributed by atoms with E-state index in [-0.39, 0.29) is 25.7 Å². The summed E-state index contributed by atoms with van der Waals surface area (Å²) in [6.45, 7) is 11.8. The molecule has 0 aromatic heterocycles. The normalized spacial score (nSPS) is 14.3. The van der Waals surface area contributed by atoms with Crippen LogP contribution in [0.25, 0.3) is 0 Å². The third-order valence-electron chi connectivity index (χ3n) is 15.6. The molecule has 19 heteroatoms. The van der Waals surface area contributed by atoms with Crippen LogP contribution < -0.4 is 0 Å². The number of ether oxygens (including phenoxy) is 4. The highest BCUT2D eigenvalue weighted by molar-refractivity contribution is 7.47. The number of hydrogen-bond acceptors (Lipinski definition) is 15. The number of phosphoric ester groups is 2. The Hall–Kier alpha value is -1.94. The first-order chi connectivity index (χ1) is 41.7. The van der Waals surface area contributed by atoms with E-state index in [0.717, 1.165) is 108 Å². The van der Waals surface area contributed by atoms with Gasteiger partial charge in [-0.25, -0.2) is 9.13 Å². The standard InChI is InChI=1S/C68H132O17P2/c1-8-9-10-11-12-28-35-42-49-65(70)78-55-64(85-68(73)52-45-38-31-24-27-34-41-48-61(6)7)58-83-87(76,77)81-54-62(69)53-80-86(74,75)82-57-63(56-79-66(71)50-43-36-29-22-19-18-21-26-33-40-47-60(4)5)84-67(72)51-44-37-30-23-17-15-13-14-16-20-25-32-39-46-59(2)3/h59-64,69H,8-58H2,1-7H3,(H,74,75)(H,76,77)/t62-,63-,64-/m1/s1. The molecule has 0 radical (unpaired) electrons. The lowest BCUT2D eigenvalue weighted by atomic mass is 10.0. The second-order valence-corrected chi connectivity index (χ2v) is 28.9. The van der Waals surface area contributed by atoms with Crippen molar-refractivity contribution in [2.45, 2.75) is 356 Å². The molecule has 87 heavy (non-hydrogen) atoms. The monoisotopic (exact) mass is 1280 g/mol. The molecular weight excluding hydrogens is 1150 g/mol. The fourth-order valence-electron chi connectivity index (χ4n) is 10.2. The molecule has 0 aliphatic carbocycles. The zero-order chi connectivity index (χ0) is 64.5. The summed E-state index contributed by atoms with van der Waals surface area (Å²) >= 11 is 0. The van der Waals surface area contributed by atoms with Crippen LogP contribution in [0.2, 0.25) is 0 Å². The van der Waals surface area contributed by atoms with Crippen molar-refractivity contribution in [3.05, 3.63) is 0 Å². The first kappa shape index (κ1) is 85.1. The van der Waals surface area contributed by atoms with E-state index in [4.69, 9.17) is 37.0 Å². The number of hydrogen-bond donors (Lipinski definition) is 3. The van der Waals surface area contributed by atoms with Crippen LogP contribution >= 0.6 is 15.6 Å². The fraction of sp³-hybridized carbons (Fsp3) is 0.941. The lowest BCUT2D eigenvalue weighted by molar-refractivity contribution is -0.161. The molecule has 516 valence electrons. The molecule has 5 atom stereocenters. The van der Waals surface area contributed by atoms with E-state index >= 15 is 0 Å². The molecule has 0 spiro atoms. The average molecular weight is 1280 g/mol. The van der Waals surface area contributed by atoms with Gasteiger partial charge in [0.05, 0.1) is 26.4 Å². The Morgan fingerprint density at radius 3 is 0.782 bits per heavy atom. The van der Waals surface area contributed by atoms with Gasteiger partial charge in [-0.1, -0.05) is 286 Å². The maximum absolute atomic E-state index is 13.0. The van der Waals surface area contributed by atoms with Gasteiger partial charge in [-0.2, -0.15) is 0 Å². The molecule has 0 aliphatic rings. The van der Waals surface area contributed by atoms with Crippen molar-refractivity contribution < 1.29 is 80.2 Å². The van der Waals surface area contributed by atoms with Crippen LogP contribution in [0.1, 0.15) is 337 Å². The van der Waals surface area contributed by atoms with E-state index in [9.17, 15) is 43.2 Å². The number of carbonyl (C=O) groups excluding carboxylic acids is 4. The third kappa shape index (κ3) is 62.6. The Bertz CT molecular complexity index is 1720.